The number of fused-ring (bicyclic) bond motifs is 1. The summed E-state index contributed by atoms with van der Waals surface area (Å²) in [5, 5.41) is 4.37. The summed E-state index contributed by atoms with van der Waals surface area (Å²) in [5.41, 5.74) is 3.17. The quantitative estimate of drug-likeness (QED) is 0.426. The van der Waals surface area contributed by atoms with Gasteiger partial charge in [0.1, 0.15) is 0 Å². The molecule has 2 aromatic carbocycles. The van der Waals surface area contributed by atoms with Gasteiger partial charge >= 0.3 is 0 Å². The number of benzene rings is 2. The molecule has 0 spiro atoms. The number of nitrogens with zero attached hydrogens (tertiary/aromatic N) is 3. The highest BCUT2D eigenvalue weighted by molar-refractivity contribution is 6.35. The molecule has 1 saturated heterocycles. The van der Waals surface area contributed by atoms with E-state index in [1.807, 2.05) is 18.2 Å². The number of rotatable bonds is 8. The number of carbonyl (C=O) groups excluding carboxylic acids is 1. The third kappa shape index (κ3) is 5.82. The normalized spacial score (nSPS) is 16.5. The molecule has 4 rings (SSSR count). The Morgan fingerprint density at radius 2 is 2.03 bits per heavy atom. The summed E-state index contributed by atoms with van der Waals surface area (Å²) in [6, 6.07) is 13.8. The molecule has 1 aliphatic heterocycles. The van der Waals surface area contributed by atoms with E-state index in [0.29, 0.717) is 35.5 Å². The van der Waals surface area contributed by atoms with Crippen molar-refractivity contribution in [1.29, 1.82) is 0 Å². The predicted molar refractivity (Wildman–Crippen MR) is 137 cm³/mol. The molecule has 1 amide bonds. The number of hydrogen-bond acceptors (Lipinski definition) is 3. The minimum absolute atomic E-state index is 0.0437. The number of amides is 1. The van der Waals surface area contributed by atoms with E-state index in [0.717, 1.165) is 49.4 Å². The molecule has 1 atom stereocenters. The van der Waals surface area contributed by atoms with E-state index in [-0.39, 0.29) is 11.8 Å². The van der Waals surface area contributed by atoms with Crippen LogP contribution in [0.4, 0.5) is 5.95 Å². The van der Waals surface area contributed by atoms with Crippen molar-refractivity contribution in [2.75, 3.05) is 24.5 Å². The van der Waals surface area contributed by atoms with Crippen molar-refractivity contribution >= 4 is 46.1 Å². The Morgan fingerprint density at radius 3 is 2.82 bits per heavy atom. The third-order valence-corrected chi connectivity index (χ3v) is 6.94. The summed E-state index contributed by atoms with van der Waals surface area (Å²) in [5.74, 6) is 1.67. The molecule has 1 fully saturated rings. The molecule has 1 unspecified atom stereocenters. The lowest BCUT2D eigenvalue weighted by atomic mass is 9.97. The van der Waals surface area contributed by atoms with Crippen LogP contribution in [0, 0.1) is 11.8 Å². The van der Waals surface area contributed by atoms with Crippen LogP contribution in [-0.2, 0) is 17.8 Å². The highest BCUT2D eigenvalue weighted by Gasteiger charge is 2.28. The average Bonchev–Trinajstić information content (AvgIpc) is 3.18. The van der Waals surface area contributed by atoms with Gasteiger partial charge in [-0.1, -0.05) is 55.2 Å². The monoisotopic (exact) mass is 486 g/mol. The largest absolute Gasteiger partial charge is 0.355 e. The zero-order valence-corrected chi connectivity index (χ0v) is 20.9. The van der Waals surface area contributed by atoms with Crippen LogP contribution in [0.2, 0.25) is 10.0 Å². The second-order valence-corrected chi connectivity index (χ2v) is 10.1. The fourth-order valence-corrected chi connectivity index (χ4v) is 4.98. The first kappa shape index (κ1) is 23.9. The minimum atomic E-state index is -0.0437. The third-order valence-electron chi connectivity index (χ3n) is 6.35. The van der Waals surface area contributed by atoms with E-state index in [2.05, 4.69) is 46.8 Å². The molecule has 2 heterocycles. The van der Waals surface area contributed by atoms with Crippen molar-refractivity contribution in [3.8, 4) is 0 Å². The zero-order valence-electron chi connectivity index (χ0n) is 19.4. The number of piperidine rings is 1. The lowest BCUT2D eigenvalue weighted by molar-refractivity contribution is -0.125. The van der Waals surface area contributed by atoms with Crippen molar-refractivity contribution < 1.29 is 4.79 Å². The molecule has 7 heteroatoms. The summed E-state index contributed by atoms with van der Waals surface area (Å²) in [4.78, 5) is 20.2. The summed E-state index contributed by atoms with van der Waals surface area (Å²) in [6.45, 7) is 7.61. The molecule has 5 nitrogen and oxygen atoms in total. The molecule has 0 saturated carbocycles. The number of halogens is 2. The van der Waals surface area contributed by atoms with Gasteiger partial charge in [0.2, 0.25) is 11.9 Å². The molecule has 1 aliphatic rings. The lowest BCUT2D eigenvalue weighted by Crippen LogP contribution is -2.44. The van der Waals surface area contributed by atoms with Crippen molar-refractivity contribution in [3.05, 3.63) is 58.1 Å². The van der Waals surface area contributed by atoms with E-state index < -0.39 is 0 Å². The number of aryl methyl sites for hydroxylation is 1. The molecule has 0 aliphatic carbocycles. The van der Waals surface area contributed by atoms with Crippen LogP contribution in [0.5, 0.6) is 0 Å². The highest BCUT2D eigenvalue weighted by Crippen LogP contribution is 2.28. The predicted octanol–water partition coefficient (Wildman–Crippen LogP) is 5.96. The first-order valence-electron chi connectivity index (χ1n) is 11.8. The van der Waals surface area contributed by atoms with Gasteiger partial charge in [-0.2, -0.15) is 0 Å². The molecule has 1 aromatic heterocycles. The van der Waals surface area contributed by atoms with Crippen molar-refractivity contribution in [1.82, 2.24) is 14.9 Å². The number of anilines is 1. The van der Waals surface area contributed by atoms with Crippen LogP contribution in [0.15, 0.2) is 42.5 Å². The standard InChI is InChI=1S/C26H32Cl2N4O/c1-18(2)12-15-32-24-8-4-3-7-23(24)30-26(32)31-14-5-6-20(17-31)25(33)29-13-11-19-9-10-21(27)16-22(19)28/h3-4,7-10,16,18,20H,5-6,11-15,17H2,1-2H3,(H,29,33). The summed E-state index contributed by atoms with van der Waals surface area (Å²) >= 11 is 12.2. The van der Waals surface area contributed by atoms with Gasteiger partial charge in [-0.05, 0) is 61.4 Å². The van der Waals surface area contributed by atoms with Crippen LogP contribution in [0.3, 0.4) is 0 Å². The van der Waals surface area contributed by atoms with E-state index in [1.54, 1.807) is 6.07 Å². The smallest absolute Gasteiger partial charge is 0.224 e. The van der Waals surface area contributed by atoms with Gasteiger partial charge < -0.3 is 14.8 Å². The Morgan fingerprint density at radius 1 is 1.21 bits per heavy atom. The SMILES string of the molecule is CC(C)CCn1c(N2CCCC(C(=O)NCCc3ccc(Cl)cc3Cl)C2)nc2ccccc21. The van der Waals surface area contributed by atoms with Gasteiger partial charge in [0.25, 0.3) is 0 Å². The van der Waals surface area contributed by atoms with Gasteiger partial charge in [0.15, 0.2) is 0 Å². The van der Waals surface area contributed by atoms with Crippen molar-refractivity contribution in [2.45, 2.75) is 46.1 Å². The minimum Gasteiger partial charge on any atom is -0.355 e. The maximum atomic E-state index is 13.0. The number of carbonyl (C=O) groups is 1. The van der Waals surface area contributed by atoms with Crippen molar-refractivity contribution in [3.63, 3.8) is 0 Å². The zero-order chi connectivity index (χ0) is 23.4. The lowest BCUT2D eigenvalue weighted by Gasteiger charge is -2.33. The number of imidazole rings is 1. The summed E-state index contributed by atoms with van der Waals surface area (Å²) in [6.07, 6.45) is 3.66. The molecule has 3 aromatic rings. The maximum Gasteiger partial charge on any atom is 0.224 e. The van der Waals surface area contributed by atoms with Gasteiger partial charge in [-0.3, -0.25) is 4.79 Å². The summed E-state index contributed by atoms with van der Waals surface area (Å²) < 4.78 is 2.33. The Hall–Kier alpha value is -2.24. The Labute approximate surface area is 206 Å². The Balaban J connectivity index is 1.42. The maximum absolute atomic E-state index is 13.0. The molecule has 1 N–H and O–H groups in total. The highest BCUT2D eigenvalue weighted by atomic mass is 35.5. The first-order valence-corrected chi connectivity index (χ1v) is 12.6. The molecule has 176 valence electrons. The molecule has 0 radical (unpaired) electrons. The second kappa shape index (κ2) is 10.8. The van der Waals surface area contributed by atoms with Crippen LogP contribution < -0.4 is 10.2 Å². The van der Waals surface area contributed by atoms with E-state index in [9.17, 15) is 4.79 Å². The van der Waals surface area contributed by atoms with Gasteiger partial charge in [-0.25, -0.2) is 4.98 Å². The van der Waals surface area contributed by atoms with Crippen LogP contribution >= 0.6 is 23.2 Å². The number of nitrogens with one attached hydrogen (secondary N) is 1. The first-order chi connectivity index (χ1) is 15.9. The van der Waals surface area contributed by atoms with Crippen LogP contribution in [-0.4, -0.2) is 35.1 Å². The van der Waals surface area contributed by atoms with Gasteiger partial charge in [0.05, 0.1) is 17.0 Å². The van der Waals surface area contributed by atoms with Gasteiger partial charge in [0, 0.05) is 36.2 Å². The number of para-hydroxylation sites is 2. The average molecular weight is 487 g/mol. The Kier molecular flexibility index (Phi) is 7.82. The van der Waals surface area contributed by atoms with Gasteiger partial charge in [-0.15, -0.1) is 0 Å². The van der Waals surface area contributed by atoms with Crippen LogP contribution in [0.25, 0.3) is 11.0 Å². The van der Waals surface area contributed by atoms with E-state index in [1.165, 1.54) is 5.52 Å². The number of aromatic nitrogens is 2. The molecular weight excluding hydrogens is 455 g/mol. The fourth-order valence-electron chi connectivity index (χ4n) is 4.47. The molecular formula is C26H32Cl2N4O. The van der Waals surface area contributed by atoms with Crippen molar-refractivity contribution in [2.24, 2.45) is 11.8 Å². The topological polar surface area (TPSA) is 50.2 Å². The van der Waals surface area contributed by atoms with E-state index in [4.69, 9.17) is 28.2 Å². The molecule has 33 heavy (non-hydrogen) atoms. The Bertz CT molecular complexity index is 1110. The van der Waals surface area contributed by atoms with E-state index >= 15 is 0 Å². The number of hydrogen-bond donors (Lipinski definition) is 1. The fraction of sp³-hybridized carbons (Fsp3) is 0.462. The van der Waals surface area contributed by atoms with Crippen LogP contribution in [0.1, 0.15) is 38.7 Å². The summed E-state index contributed by atoms with van der Waals surface area (Å²) in [7, 11) is 0. The molecule has 0 bridgehead atoms. The second-order valence-electron chi connectivity index (χ2n) is 9.30.